The van der Waals surface area contributed by atoms with E-state index < -0.39 is 6.10 Å². The highest BCUT2D eigenvalue weighted by Gasteiger charge is 2.31. The van der Waals surface area contributed by atoms with E-state index in [0.29, 0.717) is 6.54 Å². The van der Waals surface area contributed by atoms with Crippen LogP contribution in [0.4, 0.5) is 4.79 Å². The number of aliphatic hydroxyl groups is 1. The van der Waals surface area contributed by atoms with Gasteiger partial charge < -0.3 is 20.2 Å². The number of nitrogens with one attached hydrogen (secondary N) is 1. The zero-order valence-electron chi connectivity index (χ0n) is 13.8. The predicted molar refractivity (Wildman–Crippen MR) is 81.7 cm³/mol. The molecular formula is C15H31N3O2. The number of piperidine rings is 1. The van der Waals surface area contributed by atoms with Gasteiger partial charge in [-0.1, -0.05) is 20.8 Å². The van der Waals surface area contributed by atoms with Gasteiger partial charge in [-0.3, -0.25) is 0 Å². The van der Waals surface area contributed by atoms with E-state index in [0.717, 1.165) is 19.5 Å². The molecule has 3 atom stereocenters. The lowest BCUT2D eigenvalue weighted by molar-refractivity contribution is 0.0416. The average molecular weight is 285 g/mol. The summed E-state index contributed by atoms with van der Waals surface area (Å²) in [5.41, 5.74) is 0.000848. The Labute approximate surface area is 123 Å². The topological polar surface area (TPSA) is 55.8 Å². The van der Waals surface area contributed by atoms with Gasteiger partial charge in [-0.2, -0.15) is 0 Å². The van der Waals surface area contributed by atoms with Gasteiger partial charge in [-0.25, -0.2) is 4.79 Å². The van der Waals surface area contributed by atoms with Crippen LogP contribution in [0.5, 0.6) is 0 Å². The van der Waals surface area contributed by atoms with Crippen LogP contribution in [0.3, 0.4) is 0 Å². The Morgan fingerprint density at radius 3 is 2.60 bits per heavy atom. The van der Waals surface area contributed by atoms with Crippen molar-refractivity contribution in [1.82, 2.24) is 15.1 Å². The fraction of sp³-hybridized carbons (Fsp3) is 0.933. The Hall–Kier alpha value is -0.810. The summed E-state index contributed by atoms with van der Waals surface area (Å²) in [4.78, 5) is 16.1. The summed E-state index contributed by atoms with van der Waals surface area (Å²) >= 11 is 0. The Morgan fingerprint density at radius 1 is 1.50 bits per heavy atom. The van der Waals surface area contributed by atoms with Gasteiger partial charge in [0.05, 0.1) is 6.10 Å². The Morgan fingerprint density at radius 2 is 2.10 bits per heavy atom. The number of aliphatic hydroxyl groups excluding tert-OH is 1. The van der Waals surface area contributed by atoms with Crippen LogP contribution >= 0.6 is 0 Å². The zero-order chi connectivity index (χ0) is 15.5. The van der Waals surface area contributed by atoms with Crippen LogP contribution in [-0.2, 0) is 0 Å². The van der Waals surface area contributed by atoms with Gasteiger partial charge >= 0.3 is 6.03 Å². The summed E-state index contributed by atoms with van der Waals surface area (Å²) in [6.45, 7) is 10.5. The molecule has 0 aliphatic carbocycles. The second-order valence-corrected chi connectivity index (χ2v) is 7.18. The number of hydrogen-bond donors (Lipinski definition) is 2. The first-order chi connectivity index (χ1) is 9.13. The third-order valence-electron chi connectivity index (χ3n) is 4.44. The summed E-state index contributed by atoms with van der Waals surface area (Å²) in [6.07, 6.45) is 0.462. The van der Waals surface area contributed by atoms with Gasteiger partial charge in [0.2, 0.25) is 0 Å². The molecule has 0 saturated carbocycles. The van der Waals surface area contributed by atoms with E-state index in [2.05, 4.69) is 24.1 Å². The molecule has 5 nitrogen and oxygen atoms in total. The molecule has 0 radical (unpaired) electrons. The lowest BCUT2D eigenvalue weighted by Gasteiger charge is -2.38. The minimum absolute atomic E-state index is 0.000848. The van der Waals surface area contributed by atoms with Crippen molar-refractivity contribution < 1.29 is 9.90 Å². The number of urea groups is 1. The Bertz CT molecular complexity index is 331. The summed E-state index contributed by atoms with van der Waals surface area (Å²) in [6, 6.07) is 0.0178. The van der Waals surface area contributed by atoms with Crippen molar-refractivity contribution in [3.8, 4) is 0 Å². The largest absolute Gasteiger partial charge is 0.391 e. The van der Waals surface area contributed by atoms with Crippen molar-refractivity contribution in [3.63, 3.8) is 0 Å². The lowest BCUT2D eigenvalue weighted by Crippen LogP contribution is -2.55. The van der Waals surface area contributed by atoms with E-state index in [1.165, 1.54) is 0 Å². The van der Waals surface area contributed by atoms with E-state index in [9.17, 15) is 9.90 Å². The molecular weight excluding hydrogens is 254 g/mol. The molecule has 1 rings (SSSR count). The highest BCUT2D eigenvalue weighted by molar-refractivity contribution is 5.74. The van der Waals surface area contributed by atoms with Gasteiger partial charge in [-0.05, 0) is 38.8 Å². The smallest absolute Gasteiger partial charge is 0.317 e. The fourth-order valence-electron chi connectivity index (χ4n) is 2.66. The highest BCUT2D eigenvalue weighted by Crippen LogP contribution is 2.22. The van der Waals surface area contributed by atoms with E-state index >= 15 is 0 Å². The molecule has 1 aliphatic rings. The summed E-state index contributed by atoms with van der Waals surface area (Å²) in [5.74, 6) is 0.279. The van der Waals surface area contributed by atoms with Crippen molar-refractivity contribution >= 4 is 6.03 Å². The first-order valence-electron chi connectivity index (χ1n) is 7.51. The third kappa shape index (κ3) is 4.63. The van der Waals surface area contributed by atoms with Crippen molar-refractivity contribution in [2.24, 2.45) is 11.3 Å². The summed E-state index contributed by atoms with van der Waals surface area (Å²) < 4.78 is 0. The maximum atomic E-state index is 12.3. The van der Waals surface area contributed by atoms with Crippen molar-refractivity contribution in [2.45, 2.75) is 46.3 Å². The molecule has 1 fully saturated rings. The summed E-state index contributed by atoms with van der Waals surface area (Å²) in [5, 5.41) is 13.0. The maximum absolute atomic E-state index is 12.3. The van der Waals surface area contributed by atoms with Gasteiger partial charge in [0.1, 0.15) is 0 Å². The second-order valence-electron chi connectivity index (χ2n) is 7.18. The predicted octanol–water partition coefficient (Wildman–Crippen LogP) is 1.37. The van der Waals surface area contributed by atoms with Gasteiger partial charge in [-0.15, -0.1) is 0 Å². The molecule has 2 amide bonds. The number of rotatable bonds is 4. The zero-order valence-corrected chi connectivity index (χ0v) is 13.8. The van der Waals surface area contributed by atoms with Gasteiger partial charge in [0.25, 0.3) is 0 Å². The monoisotopic (exact) mass is 285 g/mol. The van der Waals surface area contributed by atoms with Crippen LogP contribution < -0.4 is 5.32 Å². The van der Waals surface area contributed by atoms with E-state index in [-0.39, 0.29) is 23.4 Å². The highest BCUT2D eigenvalue weighted by atomic mass is 16.3. The summed E-state index contributed by atoms with van der Waals surface area (Å²) in [7, 11) is 4.08. The first kappa shape index (κ1) is 17.2. The minimum atomic E-state index is -0.403. The average Bonchev–Trinajstić information content (AvgIpc) is 2.30. The number of nitrogens with zero attached hydrogens (tertiary/aromatic N) is 2. The number of β-amino-alcohol motifs (C(OH)–C–C–N with tert-alkyl or cyclic N) is 1. The van der Waals surface area contributed by atoms with Crippen LogP contribution in [0.25, 0.3) is 0 Å². The lowest BCUT2D eigenvalue weighted by atomic mass is 9.85. The van der Waals surface area contributed by atoms with Crippen molar-refractivity contribution in [3.05, 3.63) is 0 Å². The van der Waals surface area contributed by atoms with Crippen LogP contribution in [0.1, 0.15) is 34.1 Å². The second kappa shape index (κ2) is 6.76. The van der Waals surface area contributed by atoms with Crippen LogP contribution in [0, 0.1) is 11.3 Å². The van der Waals surface area contributed by atoms with Gasteiger partial charge in [0.15, 0.2) is 0 Å². The Balaban J connectivity index is 2.53. The standard InChI is InChI=1S/C15H31N3O2/c1-11-7-8-18(9-13(11)19)14(20)16-12(2)15(3,4)10-17(5)6/h11-13,19H,7-10H2,1-6H3,(H,16,20). The number of likely N-dealkylation sites (tertiary alicyclic amines) is 1. The molecule has 0 spiro atoms. The van der Waals surface area contributed by atoms with E-state index in [1.54, 1.807) is 4.90 Å². The number of hydrogen-bond acceptors (Lipinski definition) is 3. The molecule has 1 saturated heterocycles. The number of carbonyl (C=O) groups is 1. The van der Waals surface area contributed by atoms with Crippen molar-refractivity contribution in [2.75, 3.05) is 33.7 Å². The van der Waals surface area contributed by atoms with E-state index in [4.69, 9.17) is 0 Å². The van der Waals surface area contributed by atoms with Crippen LogP contribution in [0.15, 0.2) is 0 Å². The van der Waals surface area contributed by atoms with Gasteiger partial charge in [0, 0.05) is 25.7 Å². The van der Waals surface area contributed by atoms with E-state index in [1.807, 2.05) is 27.9 Å². The quantitative estimate of drug-likeness (QED) is 0.820. The molecule has 118 valence electrons. The molecule has 20 heavy (non-hydrogen) atoms. The Kier molecular flexibility index (Phi) is 5.83. The normalized spacial score (nSPS) is 25.7. The molecule has 1 aliphatic heterocycles. The maximum Gasteiger partial charge on any atom is 0.317 e. The minimum Gasteiger partial charge on any atom is -0.391 e. The van der Waals surface area contributed by atoms with Crippen LogP contribution in [-0.4, -0.2) is 66.8 Å². The van der Waals surface area contributed by atoms with Crippen molar-refractivity contribution in [1.29, 1.82) is 0 Å². The molecule has 1 heterocycles. The SMILES string of the molecule is CC1CCN(C(=O)NC(C)C(C)(C)CN(C)C)CC1O. The molecule has 0 aromatic rings. The third-order valence-corrected chi connectivity index (χ3v) is 4.44. The molecule has 0 bridgehead atoms. The molecule has 5 heteroatoms. The molecule has 3 unspecified atom stereocenters. The van der Waals surface area contributed by atoms with Crippen LogP contribution in [0.2, 0.25) is 0 Å². The molecule has 0 aromatic carbocycles. The molecule has 0 aromatic heterocycles. The number of amides is 2. The fourth-order valence-corrected chi connectivity index (χ4v) is 2.66. The molecule has 2 N–H and O–H groups in total. The number of carbonyl (C=O) groups excluding carboxylic acids is 1. The first-order valence-corrected chi connectivity index (χ1v) is 7.51.